The van der Waals surface area contributed by atoms with Crippen LogP contribution in [0.4, 0.5) is 10.1 Å². The van der Waals surface area contributed by atoms with Crippen LogP contribution in [0.5, 0.6) is 0 Å². The van der Waals surface area contributed by atoms with Crippen LogP contribution < -0.4 is 10.6 Å². The third-order valence-electron chi connectivity index (χ3n) is 2.73. The molecule has 0 unspecified atom stereocenters. The zero-order valence-electron chi connectivity index (χ0n) is 11.5. The lowest BCUT2D eigenvalue weighted by Crippen LogP contribution is -2.36. The topological polar surface area (TPSA) is 24.1 Å². The van der Waals surface area contributed by atoms with Crippen molar-refractivity contribution in [1.29, 1.82) is 0 Å². The van der Waals surface area contributed by atoms with Gasteiger partial charge in [-0.2, -0.15) is 0 Å². The van der Waals surface area contributed by atoms with Gasteiger partial charge in [-0.3, -0.25) is 0 Å². The van der Waals surface area contributed by atoms with Gasteiger partial charge >= 0.3 is 0 Å². The van der Waals surface area contributed by atoms with Crippen LogP contribution in [0.2, 0.25) is 5.02 Å². The first kappa shape index (κ1) is 16.2. The molecule has 1 aromatic rings. The van der Waals surface area contributed by atoms with Gasteiger partial charge in [-0.25, -0.2) is 4.39 Å². The number of benzene rings is 1. The molecule has 0 aliphatic heterocycles. The third kappa shape index (κ3) is 6.21. The first-order valence-corrected chi connectivity index (χ1v) is 7.19. The van der Waals surface area contributed by atoms with Crippen LogP contribution >= 0.6 is 23.8 Å². The molecule has 0 saturated carbocycles. The first-order chi connectivity index (χ1) is 8.88. The van der Waals surface area contributed by atoms with Gasteiger partial charge in [0.2, 0.25) is 0 Å². The van der Waals surface area contributed by atoms with E-state index in [1.807, 2.05) is 0 Å². The Morgan fingerprint density at radius 1 is 1.32 bits per heavy atom. The lowest BCUT2D eigenvalue weighted by molar-refractivity contribution is 0.494. The van der Waals surface area contributed by atoms with Gasteiger partial charge < -0.3 is 10.6 Å². The maximum Gasteiger partial charge on any atom is 0.170 e. The van der Waals surface area contributed by atoms with Crippen LogP contribution in [0.3, 0.4) is 0 Å². The van der Waals surface area contributed by atoms with E-state index < -0.39 is 5.82 Å². The van der Waals surface area contributed by atoms with Crippen molar-refractivity contribution in [2.24, 2.45) is 5.92 Å². The van der Waals surface area contributed by atoms with Gasteiger partial charge in [-0.05, 0) is 56.1 Å². The predicted octanol–water partition coefficient (Wildman–Crippen LogP) is 4.59. The van der Waals surface area contributed by atoms with Crippen molar-refractivity contribution in [3.8, 4) is 0 Å². The van der Waals surface area contributed by atoms with E-state index in [-0.39, 0.29) is 5.02 Å². The molecule has 0 aliphatic carbocycles. The summed E-state index contributed by atoms with van der Waals surface area (Å²) < 4.78 is 13.0. The van der Waals surface area contributed by atoms with Crippen molar-refractivity contribution in [2.45, 2.75) is 39.7 Å². The molecule has 0 spiro atoms. The fourth-order valence-electron chi connectivity index (χ4n) is 1.62. The predicted molar refractivity (Wildman–Crippen MR) is 84.3 cm³/mol. The average Bonchev–Trinajstić information content (AvgIpc) is 2.31. The Balaban J connectivity index is 2.44. The molecule has 0 aromatic heterocycles. The molecular formula is C14H20ClFN2S. The summed E-state index contributed by atoms with van der Waals surface area (Å²) in [6, 6.07) is 4.74. The number of hydrogen-bond donors (Lipinski definition) is 2. The normalized spacial score (nSPS) is 12.3. The van der Waals surface area contributed by atoms with Crippen LogP contribution in [-0.4, -0.2) is 11.2 Å². The van der Waals surface area contributed by atoms with Crippen LogP contribution in [-0.2, 0) is 0 Å². The van der Waals surface area contributed by atoms with Gasteiger partial charge in [-0.15, -0.1) is 0 Å². The quantitative estimate of drug-likeness (QED) is 0.778. The highest BCUT2D eigenvalue weighted by molar-refractivity contribution is 7.80. The molecule has 5 heteroatoms. The molecule has 0 heterocycles. The van der Waals surface area contributed by atoms with Crippen LogP contribution in [0.25, 0.3) is 0 Å². The summed E-state index contributed by atoms with van der Waals surface area (Å²) in [5.41, 5.74) is 0.681. The van der Waals surface area contributed by atoms with Crippen molar-refractivity contribution < 1.29 is 4.39 Å². The Labute approximate surface area is 124 Å². The van der Waals surface area contributed by atoms with Gasteiger partial charge in [0, 0.05) is 11.7 Å². The van der Waals surface area contributed by atoms with E-state index in [4.69, 9.17) is 23.8 Å². The monoisotopic (exact) mass is 302 g/mol. The van der Waals surface area contributed by atoms with Crippen molar-refractivity contribution in [3.63, 3.8) is 0 Å². The lowest BCUT2D eigenvalue weighted by Gasteiger charge is -2.18. The second-order valence-corrected chi connectivity index (χ2v) is 5.92. The largest absolute Gasteiger partial charge is 0.360 e. The number of hydrogen-bond acceptors (Lipinski definition) is 1. The van der Waals surface area contributed by atoms with Crippen LogP contribution in [0.15, 0.2) is 18.2 Å². The van der Waals surface area contributed by atoms with Crippen molar-refractivity contribution >= 4 is 34.6 Å². The molecule has 2 N–H and O–H groups in total. The minimum Gasteiger partial charge on any atom is -0.360 e. The van der Waals surface area contributed by atoms with Gasteiger partial charge in [-0.1, -0.05) is 25.4 Å². The van der Waals surface area contributed by atoms with E-state index in [1.165, 1.54) is 12.1 Å². The second kappa shape index (κ2) is 7.65. The number of nitrogens with one attached hydrogen (secondary N) is 2. The Hall–Kier alpha value is -0.870. The van der Waals surface area contributed by atoms with E-state index in [0.717, 1.165) is 12.8 Å². The lowest BCUT2D eigenvalue weighted by atomic mass is 10.0. The van der Waals surface area contributed by atoms with Crippen LogP contribution in [0, 0.1) is 11.7 Å². The molecule has 2 nitrogen and oxygen atoms in total. The maximum atomic E-state index is 13.0. The zero-order valence-corrected chi connectivity index (χ0v) is 13.0. The number of halogens is 2. The molecule has 0 amide bonds. The Kier molecular flexibility index (Phi) is 6.52. The molecule has 106 valence electrons. The zero-order chi connectivity index (χ0) is 14.4. The summed E-state index contributed by atoms with van der Waals surface area (Å²) in [7, 11) is 0. The molecule has 0 fully saturated rings. The van der Waals surface area contributed by atoms with E-state index in [1.54, 1.807) is 6.07 Å². The highest BCUT2D eigenvalue weighted by Gasteiger charge is 2.07. The number of thiocarbonyl (C=S) groups is 1. The minimum absolute atomic E-state index is 0.0839. The molecule has 1 aromatic carbocycles. The molecule has 0 aliphatic rings. The molecular weight excluding hydrogens is 283 g/mol. The number of rotatable bonds is 5. The second-order valence-electron chi connectivity index (χ2n) is 5.10. The fourth-order valence-corrected chi connectivity index (χ4v) is 2.12. The highest BCUT2D eigenvalue weighted by Crippen LogP contribution is 2.19. The average molecular weight is 303 g/mol. The van der Waals surface area contributed by atoms with Crippen molar-refractivity contribution in [2.75, 3.05) is 5.32 Å². The van der Waals surface area contributed by atoms with Gasteiger partial charge in [0.1, 0.15) is 5.82 Å². The van der Waals surface area contributed by atoms with Crippen LogP contribution in [0.1, 0.15) is 33.6 Å². The first-order valence-electron chi connectivity index (χ1n) is 6.41. The highest BCUT2D eigenvalue weighted by atomic mass is 35.5. The van der Waals surface area contributed by atoms with E-state index in [0.29, 0.717) is 22.8 Å². The molecule has 0 saturated heterocycles. The SMILES string of the molecule is CC(C)CC[C@H](C)NC(=S)Nc1ccc(F)c(Cl)c1. The molecule has 0 radical (unpaired) electrons. The Morgan fingerprint density at radius 2 is 2.00 bits per heavy atom. The Morgan fingerprint density at radius 3 is 2.58 bits per heavy atom. The number of anilines is 1. The molecule has 1 rings (SSSR count). The summed E-state index contributed by atoms with van der Waals surface area (Å²) in [6.45, 7) is 6.49. The summed E-state index contributed by atoms with van der Waals surface area (Å²) in [5.74, 6) is 0.248. The van der Waals surface area contributed by atoms with E-state index in [2.05, 4.69) is 31.4 Å². The fraction of sp³-hybridized carbons (Fsp3) is 0.500. The maximum absolute atomic E-state index is 13.0. The minimum atomic E-state index is -0.434. The van der Waals surface area contributed by atoms with Gasteiger partial charge in [0.05, 0.1) is 5.02 Å². The molecule has 1 atom stereocenters. The summed E-state index contributed by atoms with van der Waals surface area (Å²) in [6.07, 6.45) is 2.21. The molecule has 19 heavy (non-hydrogen) atoms. The van der Waals surface area contributed by atoms with E-state index in [9.17, 15) is 4.39 Å². The van der Waals surface area contributed by atoms with Gasteiger partial charge in [0.25, 0.3) is 0 Å². The van der Waals surface area contributed by atoms with E-state index >= 15 is 0 Å². The third-order valence-corrected chi connectivity index (χ3v) is 3.24. The van der Waals surface area contributed by atoms with Gasteiger partial charge in [0.15, 0.2) is 5.11 Å². The summed E-state index contributed by atoms with van der Waals surface area (Å²) in [4.78, 5) is 0. The van der Waals surface area contributed by atoms with Crippen molar-refractivity contribution in [1.82, 2.24) is 5.32 Å². The standard InChI is InChI=1S/C14H20ClFN2S/c1-9(2)4-5-10(3)17-14(19)18-11-6-7-13(16)12(15)8-11/h6-10H,4-5H2,1-3H3,(H2,17,18,19)/t10-/m0/s1. The Bertz CT molecular complexity index is 437. The smallest absolute Gasteiger partial charge is 0.170 e. The van der Waals surface area contributed by atoms with Crippen molar-refractivity contribution in [3.05, 3.63) is 29.0 Å². The molecule has 0 bridgehead atoms. The summed E-state index contributed by atoms with van der Waals surface area (Å²) in [5, 5.41) is 6.81. The summed E-state index contributed by atoms with van der Waals surface area (Å²) >= 11 is 10.9.